The normalized spacial score (nSPS) is 13.1. The van der Waals surface area contributed by atoms with E-state index in [2.05, 4.69) is 10.4 Å². The molecule has 19 heavy (non-hydrogen) atoms. The first-order chi connectivity index (χ1) is 9.22. The summed E-state index contributed by atoms with van der Waals surface area (Å²) in [5.74, 6) is 0.207. The number of anilines is 1. The summed E-state index contributed by atoms with van der Waals surface area (Å²) in [4.78, 5) is 12.2. The fourth-order valence-electron chi connectivity index (χ4n) is 2.48. The van der Waals surface area contributed by atoms with E-state index in [9.17, 15) is 4.79 Å². The molecule has 0 unspecified atom stereocenters. The van der Waals surface area contributed by atoms with Crippen LogP contribution in [0.3, 0.4) is 0 Å². The van der Waals surface area contributed by atoms with Crippen molar-refractivity contribution in [3.05, 3.63) is 47.3 Å². The number of benzene rings is 1. The molecule has 2 aromatic rings. The summed E-state index contributed by atoms with van der Waals surface area (Å²) >= 11 is 0. The van der Waals surface area contributed by atoms with Gasteiger partial charge in [0.25, 0.3) is 0 Å². The van der Waals surface area contributed by atoms with E-state index in [4.69, 9.17) is 0 Å². The molecule has 98 valence electrons. The first-order valence-corrected chi connectivity index (χ1v) is 6.60. The van der Waals surface area contributed by atoms with Crippen LogP contribution in [0.25, 0.3) is 0 Å². The lowest BCUT2D eigenvalue weighted by atomic mass is 10.0. The van der Waals surface area contributed by atoms with Crippen molar-refractivity contribution in [1.82, 2.24) is 9.78 Å². The summed E-state index contributed by atoms with van der Waals surface area (Å²) in [6.45, 7) is 0.975. The number of ketones is 1. The van der Waals surface area contributed by atoms with Crippen LogP contribution in [0.2, 0.25) is 0 Å². The summed E-state index contributed by atoms with van der Waals surface area (Å²) in [5, 5.41) is 7.42. The Bertz CT molecular complexity index is 616. The second-order valence-electron chi connectivity index (χ2n) is 4.99. The highest BCUT2D eigenvalue weighted by atomic mass is 16.1. The summed E-state index contributed by atoms with van der Waals surface area (Å²) < 4.78 is 1.76. The largest absolute Gasteiger partial charge is 0.384 e. The topological polar surface area (TPSA) is 46.9 Å². The lowest BCUT2D eigenvalue weighted by Crippen LogP contribution is -2.01. The minimum Gasteiger partial charge on any atom is -0.384 e. The third kappa shape index (κ3) is 2.52. The second kappa shape index (κ2) is 4.88. The van der Waals surface area contributed by atoms with Gasteiger partial charge in [0.15, 0.2) is 5.78 Å². The highest BCUT2D eigenvalue weighted by Crippen LogP contribution is 2.23. The van der Waals surface area contributed by atoms with Gasteiger partial charge in [-0.1, -0.05) is 0 Å². The van der Waals surface area contributed by atoms with Crippen molar-refractivity contribution in [3.63, 3.8) is 0 Å². The molecule has 1 aromatic heterocycles. The van der Waals surface area contributed by atoms with E-state index in [1.807, 2.05) is 37.6 Å². The van der Waals surface area contributed by atoms with Gasteiger partial charge in [-0.3, -0.25) is 9.48 Å². The third-order valence-electron chi connectivity index (χ3n) is 3.54. The number of aryl methyl sites for hydroxylation is 2. The Morgan fingerprint density at radius 2 is 2.37 bits per heavy atom. The maximum Gasteiger partial charge on any atom is 0.163 e. The number of aromatic nitrogens is 2. The zero-order chi connectivity index (χ0) is 13.2. The van der Waals surface area contributed by atoms with Gasteiger partial charge < -0.3 is 5.32 Å². The quantitative estimate of drug-likeness (QED) is 0.852. The highest BCUT2D eigenvalue weighted by Gasteiger charge is 2.13. The lowest BCUT2D eigenvalue weighted by Gasteiger charge is -2.04. The van der Waals surface area contributed by atoms with Crippen molar-refractivity contribution >= 4 is 11.5 Å². The van der Waals surface area contributed by atoms with Gasteiger partial charge in [0.05, 0.1) is 6.20 Å². The van der Waals surface area contributed by atoms with Crippen LogP contribution in [-0.2, 0) is 19.9 Å². The Kier molecular flexibility index (Phi) is 3.07. The van der Waals surface area contributed by atoms with E-state index in [-0.39, 0.29) is 5.78 Å². The predicted octanol–water partition coefficient (Wildman–Crippen LogP) is 2.20. The van der Waals surface area contributed by atoms with E-state index >= 15 is 0 Å². The summed E-state index contributed by atoms with van der Waals surface area (Å²) in [6.07, 6.45) is 6.08. The Hall–Kier alpha value is -2.10. The Labute approximate surface area is 112 Å². The molecule has 1 aliphatic rings. The van der Waals surface area contributed by atoms with E-state index in [1.54, 1.807) is 4.68 Å². The van der Waals surface area contributed by atoms with E-state index in [1.165, 1.54) is 11.3 Å². The van der Waals surface area contributed by atoms with Gasteiger partial charge >= 0.3 is 0 Å². The van der Waals surface area contributed by atoms with Crippen molar-refractivity contribution in [2.45, 2.75) is 19.3 Å². The summed E-state index contributed by atoms with van der Waals surface area (Å²) in [5.41, 5.74) is 4.36. The van der Waals surface area contributed by atoms with Crippen LogP contribution in [0, 0.1) is 0 Å². The maximum atomic E-state index is 12.2. The van der Waals surface area contributed by atoms with Gasteiger partial charge in [-0.05, 0) is 42.2 Å². The molecular weight excluding hydrogens is 238 g/mol. The highest BCUT2D eigenvalue weighted by molar-refractivity contribution is 5.96. The van der Waals surface area contributed by atoms with Gasteiger partial charge in [0, 0.05) is 37.5 Å². The number of nitrogens with one attached hydrogen (secondary N) is 1. The minimum atomic E-state index is 0.207. The molecule has 0 aliphatic carbocycles. The molecule has 0 spiro atoms. The van der Waals surface area contributed by atoms with Crippen molar-refractivity contribution in [2.24, 2.45) is 7.05 Å². The van der Waals surface area contributed by atoms with Crippen molar-refractivity contribution < 1.29 is 4.79 Å². The number of carbonyl (C=O) groups excluding carboxylic acids is 1. The van der Waals surface area contributed by atoms with E-state index < -0.39 is 0 Å². The first-order valence-electron chi connectivity index (χ1n) is 6.60. The number of rotatable bonds is 4. The fraction of sp³-hybridized carbons (Fsp3) is 0.333. The van der Waals surface area contributed by atoms with Gasteiger partial charge in [0.2, 0.25) is 0 Å². The van der Waals surface area contributed by atoms with Crippen LogP contribution in [0.5, 0.6) is 0 Å². The molecule has 0 fully saturated rings. The lowest BCUT2D eigenvalue weighted by molar-refractivity contribution is 0.0983. The monoisotopic (exact) mass is 255 g/mol. The molecule has 0 bridgehead atoms. The zero-order valence-electron chi connectivity index (χ0n) is 11.0. The average molecular weight is 255 g/mol. The minimum absolute atomic E-state index is 0.207. The molecule has 1 aromatic carbocycles. The van der Waals surface area contributed by atoms with Gasteiger partial charge in [0.1, 0.15) is 0 Å². The average Bonchev–Trinajstić information content (AvgIpc) is 3.03. The summed E-state index contributed by atoms with van der Waals surface area (Å²) in [7, 11) is 1.89. The second-order valence-corrected chi connectivity index (χ2v) is 4.99. The Balaban J connectivity index is 1.67. The Morgan fingerprint density at radius 3 is 3.16 bits per heavy atom. The van der Waals surface area contributed by atoms with Crippen LogP contribution in [0.15, 0.2) is 30.6 Å². The van der Waals surface area contributed by atoms with Crippen molar-refractivity contribution in [2.75, 3.05) is 11.9 Å². The molecule has 3 rings (SSSR count). The number of hydrogen-bond donors (Lipinski definition) is 1. The number of fused-ring (bicyclic) bond motifs is 1. The van der Waals surface area contributed by atoms with Gasteiger partial charge in [-0.15, -0.1) is 0 Å². The molecular formula is C15H17N3O. The van der Waals surface area contributed by atoms with Crippen LogP contribution < -0.4 is 5.32 Å². The molecule has 2 heterocycles. The van der Waals surface area contributed by atoms with E-state index in [0.29, 0.717) is 6.42 Å². The smallest absolute Gasteiger partial charge is 0.163 e. The van der Waals surface area contributed by atoms with Crippen LogP contribution in [-0.4, -0.2) is 22.1 Å². The maximum absolute atomic E-state index is 12.2. The molecule has 0 amide bonds. The molecule has 4 heteroatoms. The molecule has 4 nitrogen and oxygen atoms in total. The predicted molar refractivity (Wildman–Crippen MR) is 74.5 cm³/mol. The molecule has 1 N–H and O–H groups in total. The number of nitrogens with zero attached hydrogens (tertiary/aromatic N) is 2. The standard InChI is InChI=1S/C15H17N3O/c1-18-10-11(9-17-18)2-5-15(19)13-3-4-14-12(8-13)6-7-16-14/h3-4,8-10,16H,2,5-7H2,1H3. The van der Waals surface area contributed by atoms with Crippen LogP contribution in [0.1, 0.15) is 27.9 Å². The number of carbonyl (C=O) groups is 1. The van der Waals surface area contributed by atoms with Crippen molar-refractivity contribution in [3.8, 4) is 0 Å². The Morgan fingerprint density at radius 1 is 1.47 bits per heavy atom. The van der Waals surface area contributed by atoms with Crippen LogP contribution >= 0.6 is 0 Å². The SMILES string of the molecule is Cn1cc(CCC(=O)c2ccc3c(c2)CCN3)cn1. The van der Waals surface area contributed by atoms with E-state index in [0.717, 1.165) is 30.5 Å². The number of hydrogen-bond acceptors (Lipinski definition) is 3. The number of Topliss-reactive ketones (excluding diaryl/α,β-unsaturated/α-hetero) is 1. The fourth-order valence-corrected chi connectivity index (χ4v) is 2.48. The van der Waals surface area contributed by atoms with Gasteiger partial charge in [-0.25, -0.2) is 0 Å². The summed E-state index contributed by atoms with van der Waals surface area (Å²) in [6, 6.07) is 5.96. The van der Waals surface area contributed by atoms with Gasteiger partial charge in [-0.2, -0.15) is 5.10 Å². The zero-order valence-corrected chi connectivity index (χ0v) is 11.0. The molecule has 0 radical (unpaired) electrons. The molecule has 1 aliphatic heterocycles. The first kappa shape index (κ1) is 12.0. The molecule has 0 saturated carbocycles. The van der Waals surface area contributed by atoms with Crippen LogP contribution in [0.4, 0.5) is 5.69 Å². The molecule has 0 atom stereocenters. The van der Waals surface area contributed by atoms with Crippen molar-refractivity contribution in [1.29, 1.82) is 0 Å². The molecule has 0 saturated heterocycles. The third-order valence-corrected chi connectivity index (χ3v) is 3.54.